The van der Waals surface area contributed by atoms with Crippen LogP contribution in [0.1, 0.15) is 16.8 Å². The third-order valence-corrected chi connectivity index (χ3v) is 3.22. The van der Waals surface area contributed by atoms with Gasteiger partial charge in [0.1, 0.15) is 16.3 Å². The predicted molar refractivity (Wildman–Crippen MR) is 67.3 cm³/mol. The minimum Gasteiger partial charge on any atom is -0.480 e. The van der Waals surface area contributed by atoms with Gasteiger partial charge in [-0.2, -0.15) is 0 Å². The number of β-amino-alcohol motifs (C(OH)–C–C–N with tert-alkyl or cyclic N) is 1. The number of carbonyl (C=O) groups excluding carboxylic acids is 1. The van der Waals surface area contributed by atoms with Crippen LogP contribution in [0, 0.1) is 0 Å². The van der Waals surface area contributed by atoms with Crippen LogP contribution in [0.2, 0.25) is 10.3 Å². The topological polar surface area (TPSA) is 90.7 Å². The lowest BCUT2D eigenvalue weighted by Gasteiger charge is -2.21. The van der Waals surface area contributed by atoms with Crippen molar-refractivity contribution in [3.8, 4) is 0 Å². The summed E-state index contributed by atoms with van der Waals surface area (Å²) in [7, 11) is 0. The average Bonchev–Trinajstić information content (AvgIpc) is 2.69. The highest BCUT2D eigenvalue weighted by Gasteiger charge is 2.39. The van der Waals surface area contributed by atoms with E-state index < -0.39 is 24.0 Å². The molecule has 1 fully saturated rings. The van der Waals surface area contributed by atoms with Crippen molar-refractivity contribution in [2.45, 2.75) is 18.6 Å². The van der Waals surface area contributed by atoms with Crippen molar-refractivity contribution < 1.29 is 19.8 Å². The number of halogens is 2. The minimum atomic E-state index is -1.16. The van der Waals surface area contributed by atoms with Gasteiger partial charge in [0.25, 0.3) is 5.91 Å². The fraction of sp³-hybridized carbons (Fsp3) is 0.364. The zero-order chi connectivity index (χ0) is 14.2. The summed E-state index contributed by atoms with van der Waals surface area (Å²) in [6.07, 6.45) is -0.842. The van der Waals surface area contributed by atoms with E-state index >= 15 is 0 Å². The number of pyridine rings is 1. The number of aliphatic hydroxyl groups excluding tert-OH is 1. The molecule has 0 spiro atoms. The molecule has 1 aromatic heterocycles. The lowest BCUT2D eigenvalue weighted by Crippen LogP contribution is -2.40. The molecule has 1 aromatic rings. The Morgan fingerprint density at radius 2 is 1.89 bits per heavy atom. The molecule has 0 radical (unpaired) electrons. The number of hydrogen-bond donors (Lipinski definition) is 2. The number of nitrogens with zero attached hydrogens (tertiary/aromatic N) is 2. The third kappa shape index (κ3) is 2.97. The molecule has 2 rings (SSSR count). The van der Waals surface area contributed by atoms with Gasteiger partial charge in [-0.1, -0.05) is 23.2 Å². The summed E-state index contributed by atoms with van der Waals surface area (Å²) < 4.78 is 0. The molecule has 0 saturated carbocycles. The first-order valence-corrected chi connectivity index (χ1v) is 6.19. The van der Waals surface area contributed by atoms with E-state index in [1.165, 1.54) is 12.1 Å². The number of likely N-dealkylation sites (tertiary alicyclic amines) is 1. The molecule has 1 saturated heterocycles. The zero-order valence-corrected chi connectivity index (χ0v) is 11.1. The summed E-state index contributed by atoms with van der Waals surface area (Å²) >= 11 is 11.4. The molecule has 1 aliphatic heterocycles. The standard InChI is InChI=1S/C11H10Cl2N2O4/c12-8-1-5(2-9(13)14-8)10(17)15-4-6(16)3-7(15)11(18)19/h1-2,6-7,16H,3-4H2,(H,18,19). The maximum atomic E-state index is 12.2. The Hall–Kier alpha value is -1.37. The Balaban J connectivity index is 2.30. The van der Waals surface area contributed by atoms with Gasteiger partial charge < -0.3 is 15.1 Å². The Bertz CT molecular complexity index is 517. The predicted octanol–water partition coefficient (Wildman–Crippen LogP) is 1.05. The maximum Gasteiger partial charge on any atom is 0.326 e. The highest BCUT2D eigenvalue weighted by molar-refractivity contribution is 6.33. The van der Waals surface area contributed by atoms with E-state index in [0.29, 0.717) is 0 Å². The van der Waals surface area contributed by atoms with Crippen LogP contribution in [-0.4, -0.2) is 50.7 Å². The van der Waals surface area contributed by atoms with Crippen LogP contribution in [0.5, 0.6) is 0 Å². The van der Waals surface area contributed by atoms with Gasteiger partial charge in [0.05, 0.1) is 6.10 Å². The van der Waals surface area contributed by atoms with Gasteiger partial charge in [0.15, 0.2) is 0 Å². The van der Waals surface area contributed by atoms with E-state index in [9.17, 15) is 14.7 Å². The van der Waals surface area contributed by atoms with Crippen molar-refractivity contribution in [2.24, 2.45) is 0 Å². The monoisotopic (exact) mass is 304 g/mol. The van der Waals surface area contributed by atoms with Crippen LogP contribution >= 0.6 is 23.2 Å². The summed E-state index contributed by atoms with van der Waals surface area (Å²) in [6, 6.07) is 1.56. The minimum absolute atomic E-state index is 0.00756. The summed E-state index contributed by atoms with van der Waals surface area (Å²) in [4.78, 5) is 28.1. The second-order valence-corrected chi connectivity index (χ2v) is 4.98. The number of carbonyl (C=O) groups is 2. The van der Waals surface area contributed by atoms with Crippen molar-refractivity contribution in [2.75, 3.05) is 6.54 Å². The molecule has 102 valence electrons. The van der Waals surface area contributed by atoms with Crippen LogP contribution in [-0.2, 0) is 4.79 Å². The van der Waals surface area contributed by atoms with Crippen molar-refractivity contribution in [1.82, 2.24) is 9.88 Å². The highest BCUT2D eigenvalue weighted by atomic mass is 35.5. The number of amides is 1. The van der Waals surface area contributed by atoms with Crippen molar-refractivity contribution >= 4 is 35.1 Å². The molecule has 19 heavy (non-hydrogen) atoms. The second kappa shape index (κ2) is 5.32. The van der Waals surface area contributed by atoms with Crippen LogP contribution in [0.25, 0.3) is 0 Å². The molecule has 0 bridgehead atoms. The average molecular weight is 305 g/mol. The number of rotatable bonds is 2. The molecule has 2 unspecified atom stereocenters. The molecule has 0 aromatic carbocycles. The van der Waals surface area contributed by atoms with Gasteiger partial charge in [-0.25, -0.2) is 9.78 Å². The number of aromatic nitrogens is 1. The van der Waals surface area contributed by atoms with Crippen molar-refractivity contribution in [3.05, 3.63) is 28.0 Å². The fourth-order valence-electron chi connectivity index (χ4n) is 2.03. The summed E-state index contributed by atoms with van der Waals surface area (Å²) in [6.45, 7) is -0.0344. The van der Waals surface area contributed by atoms with E-state index in [2.05, 4.69) is 4.98 Å². The number of carboxylic acids is 1. The lowest BCUT2D eigenvalue weighted by atomic mass is 10.2. The fourth-order valence-corrected chi connectivity index (χ4v) is 2.49. The van der Waals surface area contributed by atoms with Gasteiger partial charge in [-0.3, -0.25) is 4.79 Å². The molecule has 1 aliphatic rings. The highest BCUT2D eigenvalue weighted by Crippen LogP contribution is 2.23. The number of carboxylic acid groups (broad SMARTS) is 1. The van der Waals surface area contributed by atoms with E-state index in [1.807, 2.05) is 0 Å². The maximum absolute atomic E-state index is 12.2. The Morgan fingerprint density at radius 1 is 1.32 bits per heavy atom. The molecule has 1 amide bonds. The molecular formula is C11H10Cl2N2O4. The molecule has 2 atom stereocenters. The van der Waals surface area contributed by atoms with E-state index in [-0.39, 0.29) is 28.8 Å². The molecule has 8 heteroatoms. The third-order valence-electron chi connectivity index (χ3n) is 2.83. The first kappa shape index (κ1) is 14.0. The Kier molecular flexibility index (Phi) is 3.93. The number of hydrogen-bond acceptors (Lipinski definition) is 4. The van der Waals surface area contributed by atoms with Crippen LogP contribution in [0.15, 0.2) is 12.1 Å². The van der Waals surface area contributed by atoms with Gasteiger partial charge >= 0.3 is 5.97 Å². The number of aliphatic carboxylic acids is 1. The van der Waals surface area contributed by atoms with E-state index in [4.69, 9.17) is 28.3 Å². The molecule has 2 N–H and O–H groups in total. The summed E-state index contributed by atoms with van der Waals surface area (Å²) in [5.74, 6) is -1.70. The van der Waals surface area contributed by atoms with Crippen molar-refractivity contribution in [3.63, 3.8) is 0 Å². The smallest absolute Gasteiger partial charge is 0.326 e. The van der Waals surface area contributed by atoms with E-state index in [1.54, 1.807) is 0 Å². The SMILES string of the molecule is O=C(O)C1CC(O)CN1C(=O)c1cc(Cl)nc(Cl)c1. The second-order valence-electron chi connectivity index (χ2n) is 4.20. The molecular weight excluding hydrogens is 295 g/mol. The first-order chi connectivity index (χ1) is 8.88. The van der Waals surface area contributed by atoms with Crippen LogP contribution in [0.4, 0.5) is 0 Å². The van der Waals surface area contributed by atoms with Gasteiger partial charge in [0.2, 0.25) is 0 Å². The Morgan fingerprint density at radius 3 is 2.42 bits per heavy atom. The quantitative estimate of drug-likeness (QED) is 0.797. The van der Waals surface area contributed by atoms with Crippen molar-refractivity contribution in [1.29, 1.82) is 0 Å². The molecule has 6 nitrogen and oxygen atoms in total. The zero-order valence-electron chi connectivity index (χ0n) is 9.58. The molecule has 0 aliphatic carbocycles. The summed E-state index contributed by atoms with van der Waals surface area (Å²) in [5.41, 5.74) is 0.144. The number of aliphatic hydroxyl groups is 1. The van der Waals surface area contributed by atoms with Crippen LogP contribution in [0.3, 0.4) is 0 Å². The van der Waals surface area contributed by atoms with Gasteiger partial charge in [-0.15, -0.1) is 0 Å². The lowest BCUT2D eigenvalue weighted by molar-refractivity contribution is -0.141. The van der Waals surface area contributed by atoms with E-state index in [0.717, 1.165) is 4.90 Å². The Labute approximate surface area is 118 Å². The summed E-state index contributed by atoms with van der Waals surface area (Å²) in [5, 5.41) is 18.6. The largest absolute Gasteiger partial charge is 0.480 e. The van der Waals surface area contributed by atoms with Gasteiger partial charge in [-0.05, 0) is 12.1 Å². The normalized spacial score (nSPS) is 22.6. The van der Waals surface area contributed by atoms with Gasteiger partial charge in [0, 0.05) is 18.5 Å². The van der Waals surface area contributed by atoms with Crippen LogP contribution < -0.4 is 0 Å². The molecule has 2 heterocycles. The first-order valence-electron chi connectivity index (χ1n) is 5.43.